The summed E-state index contributed by atoms with van der Waals surface area (Å²) in [6.07, 6.45) is 3.15. The van der Waals surface area contributed by atoms with Crippen molar-refractivity contribution in [2.75, 3.05) is 10.2 Å². The second-order valence-corrected chi connectivity index (χ2v) is 7.45. The van der Waals surface area contributed by atoms with Crippen LogP contribution in [0.15, 0.2) is 91.1 Å². The number of allylic oxidation sites excluding steroid dienone is 1. The van der Waals surface area contributed by atoms with Crippen molar-refractivity contribution in [1.82, 2.24) is 9.78 Å². The highest BCUT2D eigenvalue weighted by Gasteiger charge is 2.36. The molecule has 31 heavy (non-hydrogen) atoms. The first-order chi connectivity index (χ1) is 15.1. The number of amides is 2. The van der Waals surface area contributed by atoms with E-state index in [0.717, 1.165) is 10.8 Å². The van der Waals surface area contributed by atoms with E-state index in [-0.39, 0.29) is 11.8 Å². The van der Waals surface area contributed by atoms with Gasteiger partial charge in [0.2, 0.25) is 0 Å². The van der Waals surface area contributed by atoms with Gasteiger partial charge >= 0.3 is 0 Å². The number of fused-ring (bicyclic) bond motifs is 2. The van der Waals surface area contributed by atoms with Crippen LogP contribution in [0.1, 0.15) is 18.7 Å². The third-order valence-corrected chi connectivity index (χ3v) is 5.41. The molecule has 2 heterocycles. The Balaban J connectivity index is 1.58. The number of para-hydroxylation sites is 1. The van der Waals surface area contributed by atoms with Gasteiger partial charge in [-0.25, -0.2) is 4.68 Å². The Bertz CT molecular complexity index is 1320. The molecule has 1 aliphatic rings. The molecular weight excluding hydrogens is 388 g/mol. The standard InChI is InChI=1S/C25H20N4O2/c1-17-15-23(30)28(21-9-3-2-4-10-21)24(22-13-14-26-29(17)22)25(31)27-20-12-11-18-7-5-6-8-19(18)16-20/h2-16,24H,1H3,(H,27,31). The summed E-state index contributed by atoms with van der Waals surface area (Å²) in [7, 11) is 0. The van der Waals surface area contributed by atoms with E-state index in [9.17, 15) is 9.59 Å². The molecular formula is C25H20N4O2. The number of rotatable bonds is 3. The number of nitrogens with one attached hydrogen (secondary N) is 1. The molecule has 0 fully saturated rings. The molecule has 1 atom stereocenters. The fraction of sp³-hybridized carbons (Fsp3) is 0.0800. The Labute approximate surface area is 179 Å². The Hall–Kier alpha value is -4.19. The predicted octanol–water partition coefficient (Wildman–Crippen LogP) is 4.62. The lowest BCUT2D eigenvalue weighted by atomic mass is 10.1. The molecule has 6 nitrogen and oxygen atoms in total. The van der Waals surface area contributed by atoms with Gasteiger partial charge in [-0.15, -0.1) is 0 Å². The number of anilines is 2. The van der Waals surface area contributed by atoms with Crippen molar-refractivity contribution in [3.63, 3.8) is 0 Å². The molecule has 4 aromatic rings. The van der Waals surface area contributed by atoms with Crippen LogP contribution < -0.4 is 10.2 Å². The summed E-state index contributed by atoms with van der Waals surface area (Å²) in [5, 5.41) is 9.45. The van der Waals surface area contributed by atoms with Crippen molar-refractivity contribution in [2.45, 2.75) is 13.0 Å². The van der Waals surface area contributed by atoms with Crippen LogP contribution >= 0.6 is 0 Å². The highest BCUT2D eigenvalue weighted by atomic mass is 16.2. The van der Waals surface area contributed by atoms with Crippen LogP contribution in [0.2, 0.25) is 0 Å². The van der Waals surface area contributed by atoms with Crippen LogP contribution in [0.5, 0.6) is 0 Å². The van der Waals surface area contributed by atoms with Crippen LogP contribution in [-0.4, -0.2) is 21.6 Å². The molecule has 1 unspecified atom stereocenters. The molecule has 3 aromatic carbocycles. The first kappa shape index (κ1) is 18.8. The van der Waals surface area contributed by atoms with E-state index in [4.69, 9.17) is 0 Å². The Morgan fingerprint density at radius 3 is 2.48 bits per heavy atom. The topological polar surface area (TPSA) is 67.2 Å². The van der Waals surface area contributed by atoms with E-state index in [0.29, 0.717) is 22.8 Å². The summed E-state index contributed by atoms with van der Waals surface area (Å²) in [5.41, 5.74) is 2.60. The van der Waals surface area contributed by atoms with Crippen molar-refractivity contribution in [2.24, 2.45) is 0 Å². The highest BCUT2D eigenvalue weighted by Crippen LogP contribution is 2.33. The van der Waals surface area contributed by atoms with Crippen LogP contribution in [0.4, 0.5) is 11.4 Å². The first-order valence-corrected chi connectivity index (χ1v) is 10.0. The molecule has 6 heteroatoms. The van der Waals surface area contributed by atoms with Crippen molar-refractivity contribution >= 4 is 39.7 Å². The zero-order chi connectivity index (χ0) is 21.4. The zero-order valence-corrected chi connectivity index (χ0v) is 16.9. The van der Waals surface area contributed by atoms with E-state index in [2.05, 4.69) is 10.4 Å². The van der Waals surface area contributed by atoms with Gasteiger partial charge in [-0.1, -0.05) is 48.5 Å². The second kappa shape index (κ2) is 7.57. The second-order valence-electron chi connectivity index (χ2n) is 7.45. The fourth-order valence-corrected chi connectivity index (χ4v) is 3.98. The molecule has 0 saturated heterocycles. The Morgan fingerprint density at radius 2 is 1.68 bits per heavy atom. The third kappa shape index (κ3) is 3.38. The molecule has 0 aliphatic carbocycles. The predicted molar refractivity (Wildman–Crippen MR) is 121 cm³/mol. The molecule has 1 aliphatic heterocycles. The molecule has 0 spiro atoms. The fourth-order valence-electron chi connectivity index (χ4n) is 3.98. The smallest absolute Gasteiger partial charge is 0.253 e. The molecule has 0 bridgehead atoms. The minimum Gasteiger partial charge on any atom is -0.324 e. The lowest BCUT2D eigenvalue weighted by Crippen LogP contribution is -2.40. The van der Waals surface area contributed by atoms with Gasteiger partial charge in [0.1, 0.15) is 0 Å². The van der Waals surface area contributed by atoms with Crippen LogP contribution in [0, 0.1) is 0 Å². The molecule has 1 aromatic heterocycles. The van der Waals surface area contributed by atoms with Crippen molar-refractivity contribution < 1.29 is 9.59 Å². The number of hydrogen-bond acceptors (Lipinski definition) is 3. The lowest BCUT2D eigenvalue weighted by molar-refractivity contribution is -0.121. The van der Waals surface area contributed by atoms with Gasteiger partial charge < -0.3 is 5.32 Å². The summed E-state index contributed by atoms with van der Waals surface area (Å²) < 4.78 is 1.64. The summed E-state index contributed by atoms with van der Waals surface area (Å²) in [5.74, 6) is -0.579. The number of carbonyl (C=O) groups is 2. The maximum Gasteiger partial charge on any atom is 0.253 e. The van der Waals surface area contributed by atoms with Crippen molar-refractivity contribution in [1.29, 1.82) is 0 Å². The van der Waals surface area contributed by atoms with Crippen molar-refractivity contribution in [3.8, 4) is 0 Å². The average Bonchev–Trinajstić information content (AvgIpc) is 3.23. The molecule has 0 saturated carbocycles. The normalized spacial score (nSPS) is 15.9. The molecule has 152 valence electrons. The average molecular weight is 408 g/mol. The first-order valence-electron chi connectivity index (χ1n) is 10.0. The maximum atomic E-state index is 13.6. The minimum absolute atomic E-state index is 0.270. The summed E-state index contributed by atoms with van der Waals surface area (Å²) in [6, 6.07) is 23.8. The van der Waals surface area contributed by atoms with E-state index in [1.807, 2.05) is 72.8 Å². The maximum absolute atomic E-state index is 13.6. The largest absolute Gasteiger partial charge is 0.324 e. The number of aromatic nitrogens is 2. The van der Waals surface area contributed by atoms with Gasteiger partial charge in [-0.3, -0.25) is 14.5 Å². The van der Waals surface area contributed by atoms with E-state index in [1.165, 1.54) is 11.0 Å². The molecule has 5 rings (SSSR count). The monoisotopic (exact) mass is 408 g/mol. The van der Waals surface area contributed by atoms with Crippen molar-refractivity contribution in [3.05, 3.63) is 96.8 Å². The summed E-state index contributed by atoms with van der Waals surface area (Å²) in [6.45, 7) is 1.81. The Kier molecular flexibility index (Phi) is 4.59. The highest BCUT2D eigenvalue weighted by molar-refractivity contribution is 6.11. The number of carbonyl (C=O) groups excluding carboxylic acids is 2. The van der Waals surface area contributed by atoms with Gasteiger partial charge in [-0.2, -0.15) is 5.10 Å². The SMILES string of the molecule is CC1=CC(=O)N(c2ccccc2)C(C(=O)Nc2ccc3ccccc3c2)c2ccnn21. The summed E-state index contributed by atoms with van der Waals surface area (Å²) in [4.78, 5) is 28.3. The van der Waals surface area contributed by atoms with Gasteiger partial charge in [0.05, 0.1) is 5.69 Å². The van der Waals surface area contributed by atoms with Crippen LogP contribution in [-0.2, 0) is 9.59 Å². The number of nitrogens with zero attached hydrogens (tertiary/aromatic N) is 3. The van der Waals surface area contributed by atoms with Gasteiger partial charge in [-0.05, 0) is 48.0 Å². The lowest BCUT2D eigenvalue weighted by Gasteiger charge is -2.29. The van der Waals surface area contributed by atoms with Crippen LogP contribution in [0.25, 0.3) is 16.5 Å². The zero-order valence-electron chi connectivity index (χ0n) is 16.9. The number of benzene rings is 3. The quantitative estimate of drug-likeness (QED) is 0.538. The van der Waals surface area contributed by atoms with E-state index < -0.39 is 6.04 Å². The van der Waals surface area contributed by atoms with Gasteiger partial charge in [0.25, 0.3) is 11.8 Å². The molecule has 0 radical (unpaired) electrons. The van der Waals surface area contributed by atoms with E-state index >= 15 is 0 Å². The molecule has 2 amide bonds. The summed E-state index contributed by atoms with van der Waals surface area (Å²) >= 11 is 0. The third-order valence-electron chi connectivity index (χ3n) is 5.41. The van der Waals surface area contributed by atoms with E-state index in [1.54, 1.807) is 23.9 Å². The minimum atomic E-state index is -0.877. The van der Waals surface area contributed by atoms with Gasteiger partial charge in [0, 0.05) is 29.3 Å². The molecule has 1 N–H and O–H groups in total. The number of hydrogen-bond donors (Lipinski definition) is 1. The van der Waals surface area contributed by atoms with Gasteiger partial charge in [0.15, 0.2) is 6.04 Å². The van der Waals surface area contributed by atoms with Crippen LogP contribution in [0.3, 0.4) is 0 Å². The Morgan fingerprint density at radius 1 is 0.935 bits per heavy atom.